The zero-order valence-electron chi connectivity index (χ0n) is 11.7. The molecule has 1 aliphatic rings. The average molecular weight is 278 g/mol. The number of ether oxygens (including phenoxy) is 1. The molecular weight excluding hydrogens is 256 g/mol. The number of para-hydroxylation sites is 1. The molecule has 0 spiro atoms. The second-order valence-corrected chi connectivity index (χ2v) is 5.27. The summed E-state index contributed by atoms with van der Waals surface area (Å²) in [4.78, 5) is 12.1. The van der Waals surface area contributed by atoms with Crippen molar-refractivity contribution in [2.24, 2.45) is 11.7 Å². The van der Waals surface area contributed by atoms with E-state index in [-0.39, 0.29) is 17.9 Å². The summed E-state index contributed by atoms with van der Waals surface area (Å²) in [6, 6.07) is 7.30. The van der Waals surface area contributed by atoms with Crippen LogP contribution in [-0.4, -0.2) is 30.3 Å². The molecule has 5 heteroatoms. The van der Waals surface area contributed by atoms with E-state index in [1.54, 1.807) is 7.11 Å². The molecule has 0 heterocycles. The van der Waals surface area contributed by atoms with Crippen molar-refractivity contribution in [1.82, 2.24) is 5.32 Å². The van der Waals surface area contributed by atoms with Crippen LogP contribution in [0.3, 0.4) is 0 Å². The monoisotopic (exact) mass is 278 g/mol. The molecule has 1 aromatic rings. The summed E-state index contributed by atoms with van der Waals surface area (Å²) >= 11 is 0. The van der Waals surface area contributed by atoms with Gasteiger partial charge in [-0.2, -0.15) is 0 Å². The summed E-state index contributed by atoms with van der Waals surface area (Å²) in [5.74, 6) is 0.657. The van der Waals surface area contributed by atoms with Crippen LogP contribution in [0.1, 0.15) is 24.8 Å². The van der Waals surface area contributed by atoms with Crippen LogP contribution in [0.25, 0.3) is 0 Å². The number of nitrogens with one attached hydrogen (secondary N) is 1. The van der Waals surface area contributed by atoms with Crippen molar-refractivity contribution in [3.05, 3.63) is 29.8 Å². The van der Waals surface area contributed by atoms with Crippen LogP contribution in [0.4, 0.5) is 0 Å². The summed E-state index contributed by atoms with van der Waals surface area (Å²) in [5, 5.41) is 12.5. The predicted octanol–water partition coefficient (Wildman–Crippen LogP) is 0.800. The van der Waals surface area contributed by atoms with Crippen molar-refractivity contribution >= 4 is 5.91 Å². The van der Waals surface area contributed by atoms with Crippen LogP contribution in [-0.2, 0) is 11.3 Å². The first-order valence-corrected chi connectivity index (χ1v) is 6.95. The van der Waals surface area contributed by atoms with E-state index in [0.29, 0.717) is 25.8 Å². The summed E-state index contributed by atoms with van der Waals surface area (Å²) < 4.78 is 5.25. The Morgan fingerprint density at radius 2 is 2.20 bits per heavy atom. The van der Waals surface area contributed by atoms with Gasteiger partial charge in [-0.15, -0.1) is 0 Å². The Morgan fingerprint density at radius 3 is 2.90 bits per heavy atom. The van der Waals surface area contributed by atoms with E-state index in [2.05, 4.69) is 5.32 Å². The van der Waals surface area contributed by atoms with E-state index in [0.717, 1.165) is 11.3 Å². The summed E-state index contributed by atoms with van der Waals surface area (Å²) in [5.41, 5.74) is 6.76. The number of carbonyl (C=O) groups is 1. The van der Waals surface area contributed by atoms with Gasteiger partial charge in [0.2, 0.25) is 5.91 Å². The number of hydrogen-bond acceptors (Lipinski definition) is 4. The SMILES string of the molecule is COc1ccccc1CNC(=O)[C@H]1CC[C@@H](O)[C@H](N)C1. The molecule has 1 saturated carbocycles. The molecule has 0 saturated heterocycles. The molecule has 20 heavy (non-hydrogen) atoms. The molecule has 5 nitrogen and oxygen atoms in total. The number of benzene rings is 1. The number of rotatable bonds is 4. The van der Waals surface area contributed by atoms with Crippen molar-refractivity contribution in [2.45, 2.75) is 38.0 Å². The third-order valence-corrected chi connectivity index (χ3v) is 3.88. The normalized spacial score (nSPS) is 26.1. The lowest BCUT2D eigenvalue weighted by Crippen LogP contribution is -2.44. The minimum absolute atomic E-state index is 0.00161. The molecule has 0 radical (unpaired) electrons. The van der Waals surface area contributed by atoms with E-state index >= 15 is 0 Å². The highest BCUT2D eigenvalue weighted by molar-refractivity contribution is 5.78. The van der Waals surface area contributed by atoms with Gasteiger partial charge in [-0.25, -0.2) is 0 Å². The zero-order valence-corrected chi connectivity index (χ0v) is 11.7. The second kappa shape index (κ2) is 6.72. The van der Waals surface area contributed by atoms with Gasteiger partial charge in [-0.05, 0) is 25.3 Å². The topological polar surface area (TPSA) is 84.6 Å². The highest BCUT2D eigenvalue weighted by Crippen LogP contribution is 2.24. The van der Waals surface area contributed by atoms with Gasteiger partial charge in [0.15, 0.2) is 0 Å². The van der Waals surface area contributed by atoms with Crippen molar-refractivity contribution in [1.29, 1.82) is 0 Å². The highest BCUT2D eigenvalue weighted by atomic mass is 16.5. The first-order chi connectivity index (χ1) is 9.61. The molecule has 0 bridgehead atoms. The maximum absolute atomic E-state index is 12.1. The van der Waals surface area contributed by atoms with Crippen molar-refractivity contribution in [3.63, 3.8) is 0 Å². The molecule has 3 atom stereocenters. The Morgan fingerprint density at radius 1 is 1.45 bits per heavy atom. The van der Waals surface area contributed by atoms with Crippen molar-refractivity contribution in [2.75, 3.05) is 7.11 Å². The maximum atomic E-state index is 12.1. The van der Waals surface area contributed by atoms with E-state index in [1.807, 2.05) is 24.3 Å². The minimum Gasteiger partial charge on any atom is -0.496 e. The third-order valence-electron chi connectivity index (χ3n) is 3.88. The van der Waals surface area contributed by atoms with Gasteiger partial charge < -0.3 is 20.9 Å². The zero-order chi connectivity index (χ0) is 14.5. The Bertz CT molecular complexity index is 464. The Balaban J connectivity index is 1.89. The van der Waals surface area contributed by atoms with Gasteiger partial charge in [0.05, 0.1) is 13.2 Å². The van der Waals surface area contributed by atoms with Gasteiger partial charge in [0, 0.05) is 24.1 Å². The fourth-order valence-electron chi connectivity index (χ4n) is 2.60. The Hall–Kier alpha value is -1.59. The van der Waals surface area contributed by atoms with Crippen LogP contribution in [0.2, 0.25) is 0 Å². The summed E-state index contributed by atoms with van der Waals surface area (Å²) in [6.45, 7) is 0.442. The van der Waals surface area contributed by atoms with Crippen LogP contribution in [0.5, 0.6) is 5.75 Å². The van der Waals surface area contributed by atoms with Crippen LogP contribution >= 0.6 is 0 Å². The quantitative estimate of drug-likeness (QED) is 0.760. The lowest BCUT2D eigenvalue weighted by molar-refractivity contribution is -0.127. The predicted molar refractivity (Wildman–Crippen MR) is 76.2 cm³/mol. The number of hydrogen-bond donors (Lipinski definition) is 3. The maximum Gasteiger partial charge on any atom is 0.223 e. The molecule has 110 valence electrons. The largest absolute Gasteiger partial charge is 0.496 e. The van der Waals surface area contributed by atoms with Crippen LogP contribution < -0.4 is 15.8 Å². The standard InChI is InChI=1S/C15H22N2O3/c1-20-14-5-3-2-4-11(14)9-17-15(19)10-6-7-13(18)12(16)8-10/h2-5,10,12-13,18H,6-9,16H2,1H3,(H,17,19)/t10-,12+,13+/m0/s1. The number of aliphatic hydroxyl groups excluding tert-OH is 1. The first kappa shape index (κ1) is 14.8. The fraction of sp³-hybridized carbons (Fsp3) is 0.533. The first-order valence-electron chi connectivity index (χ1n) is 6.95. The lowest BCUT2D eigenvalue weighted by atomic mass is 9.83. The van der Waals surface area contributed by atoms with E-state index < -0.39 is 6.10 Å². The summed E-state index contributed by atoms with van der Waals surface area (Å²) in [7, 11) is 1.61. The van der Waals surface area contributed by atoms with E-state index in [1.165, 1.54) is 0 Å². The fourth-order valence-corrected chi connectivity index (χ4v) is 2.60. The molecule has 4 N–H and O–H groups in total. The van der Waals surface area contributed by atoms with E-state index in [9.17, 15) is 9.90 Å². The molecule has 0 aliphatic heterocycles. The van der Waals surface area contributed by atoms with Crippen molar-refractivity contribution in [3.8, 4) is 5.75 Å². The molecule has 1 amide bonds. The number of methoxy groups -OCH3 is 1. The molecule has 0 unspecified atom stereocenters. The number of aliphatic hydroxyl groups is 1. The van der Waals surface area contributed by atoms with Crippen molar-refractivity contribution < 1.29 is 14.6 Å². The smallest absolute Gasteiger partial charge is 0.223 e. The highest BCUT2D eigenvalue weighted by Gasteiger charge is 2.30. The van der Waals surface area contributed by atoms with E-state index in [4.69, 9.17) is 10.5 Å². The molecule has 1 aliphatic carbocycles. The summed E-state index contributed by atoms with van der Waals surface area (Å²) in [6.07, 6.45) is 1.34. The lowest BCUT2D eigenvalue weighted by Gasteiger charge is -2.30. The Labute approximate surface area is 119 Å². The number of amides is 1. The van der Waals surface area contributed by atoms with Gasteiger partial charge >= 0.3 is 0 Å². The molecule has 0 aromatic heterocycles. The minimum atomic E-state index is -0.478. The van der Waals surface area contributed by atoms with Gasteiger partial charge in [-0.1, -0.05) is 18.2 Å². The molecular formula is C15H22N2O3. The molecule has 1 fully saturated rings. The van der Waals surface area contributed by atoms with Gasteiger partial charge in [0.1, 0.15) is 5.75 Å². The van der Waals surface area contributed by atoms with Crippen LogP contribution in [0, 0.1) is 5.92 Å². The van der Waals surface area contributed by atoms with Crippen LogP contribution in [0.15, 0.2) is 24.3 Å². The Kier molecular flexibility index (Phi) is 4.98. The van der Waals surface area contributed by atoms with Gasteiger partial charge in [0.25, 0.3) is 0 Å². The third kappa shape index (κ3) is 3.49. The average Bonchev–Trinajstić information content (AvgIpc) is 2.47. The second-order valence-electron chi connectivity index (χ2n) is 5.27. The number of carbonyl (C=O) groups excluding carboxylic acids is 1. The van der Waals surface area contributed by atoms with Gasteiger partial charge in [-0.3, -0.25) is 4.79 Å². The number of nitrogens with two attached hydrogens (primary N) is 1. The molecule has 1 aromatic carbocycles. The molecule has 2 rings (SSSR count).